The van der Waals surface area contributed by atoms with Gasteiger partial charge in [-0.3, -0.25) is 0 Å². The van der Waals surface area contributed by atoms with Gasteiger partial charge in [-0.2, -0.15) is 0 Å². The maximum atomic E-state index is 11.4. The van der Waals surface area contributed by atoms with Gasteiger partial charge in [0.25, 0.3) is 0 Å². The van der Waals surface area contributed by atoms with E-state index in [0.717, 1.165) is 12.1 Å². The highest BCUT2D eigenvalue weighted by atomic mass is 32.2. The summed E-state index contributed by atoms with van der Waals surface area (Å²) in [5, 5.41) is 3.22. The predicted molar refractivity (Wildman–Crippen MR) is 76.7 cm³/mol. The molecule has 1 unspecified atom stereocenters. The molecular weight excluding hydrogens is 246 g/mol. The Kier molecular flexibility index (Phi) is 5.35. The maximum Gasteiger partial charge on any atom is 0.149 e. The van der Waals surface area contributed by atoms with Crippen molar-refractivity contribution in [3.63, 3.8) is 0 Å². The van der Waals surface area contributed by atoms with Crippen molar-refractivity contribution in [3.8, 4) is 0 Å². The second-order valence-electron chi connectivity index (χ2n) is 5.02. The lowest BCUT2D eigenvalue weighted by molar-refractivity contribution is 0.563. The zero-order valence-corrected chi connectivity index (χ0v) is 12.4. The van der Waals surface area contributed by atoms with Gasteiger partial charge in [0.05, 0.1) is 5.75 Å². The lowest BCUT2D eigenvalue weighted by Gasteiger charge is -2.18. The quantitative estimate of drug-likeness (QED) is 0.863. The highest BCUT2D eigenvalue weighted by molar-refractivity contribution is 7.90. The van der Waals surface area contributed by atoms with Crippen molar-refractivity contribution in [1.82, 2.24) is 5.32 Å². The Morgan fingerprint density at radius 2 is 1.61 bits per heavy atom. The lowest BCUT2D eigenvalue weighted by atomic mass is 9.99. The van der Waals surface area contributed by atoms with E-state index >= 15 is 0 Å². The third-order valence-corrected chi connectivity index (χ3v) is 3.86. The molecule has 0 bridgehead atoms. The first-order valence-electron chi connectivity index (χ1n) is 6.34. The number of rotatable bonds is 6. The first-order chi connectivity index (χ1) is 8.33. The predicted octanol–water partition coefficient (Wildman–Crippen LogP) is 2.51. The molecule has 1 aromatic rings. The summed E-state index contributed by atoms with van der Waals surface area (Å²) in [5.74, 6) is 0.633. The van der Waals surface area contributed by atoms with E-state index in [1.165, 1.54) is 11.8 Å². The molecule has 18 heavy (non-hydrogen) atoms. The molecule has 0 aliphatic carbocycles. The van der Waals surface area contributed by atoms with Crippen LogP contribution in [0.25, 0.3) is 0 Å². The van der Waals surface area contributed by atoms with E-state index in [1.807, 2.05) is 19.1 Å². The number of sulfone groups is 1. The van der Waals surface area contributed by atoms with Crippen molar-refractivity contribution < 1.29 is 8.42 Å². The van der Waals surface area contributed by atoms with Crippen LogP contribution in [0, 0.1) is 0 Å². The summed E-state index contributed by atoms with van der Waals surface area (Å²) in [6, 6.07) is 8.08. The summed E-state index contributed by atoms with van der Waals surface area (Å²) in [5.41, 5.74) is 2.31. The second kappa shape index (κ2) is 6.34. The fourth-order valence-corrected chi connectivity index (χ4v) is 2.85. The summed E-state index contributed by atoms with van der Waals surface area (Å²) in [7, 11) is -2.98. The van der Waals surface area contributed by atoms with Gasteiger partial charge in [0, 0.05) is 12.3 Å². The molecule has 1 aromatic carbocycles. The first-order valence-corrected chi connectivity index (χ1v) is 8.40. The SMILES string of the molecule is CCNC(CS(C)(=O)=O)c1ccc(C(C)C)cc1. The van der Waals surface area contributed by atoms with E-state index in [1.54, 1.807) is 0 Å². The third-order valence-electron chi connectivity index (χ3n) is 2.93. The molecule has 0 amide bonds. The molecule has 3 nitrogen and oxygen atoms in total. The van der Waals surface area contributed by atoms with Crippen molar-refractivity contribution >= 4 is 9.84 Å². The monoisotopic (exact) mass is 269 g/mol. The van der Waals surface area contributed by atoms with Gasteiger partial charge in [0.1, 0.15) is 9.84 Å². The first kappa shape index (κ1) is 15.2. The molecule has 0 aromatic heterocycles. The van der Waals surface area contributed by atoms with Gasteiger partial charge in [-0.25, -0.2) is 8.42 Å². The van der Waals surface area contributed by atoms with Crippen LogP contribution in [-0.4, -0.2) is 27.0 Å². The fourth-order valence-electron chi connectivity index (χ4n) is 1.94. The average Bonchev–Trinajstić information content (AvgIpc) is 2.27. The molecule has 0 saturated carbocycles. The summed E-state index contributed by atoms with van der Waals surface area (Å²) < 4.78 is 22.8. The molecular formula is C14H23NO2S. The van der Waals surface area contributed by atoms with E-state index in [9.17, 15) is 8.42 Å². The minimum absolute atomic E-state index is 0.119. The molecule has 102 valence electrons. The third kappa shape index (κ3) is 4.78. The van der Waals surface area contributed by atoms with E-state index < -0.39 is 9.84 Å². The summed E-state index contributed by atoms with van der Waals surface area (Å²) in [6.07, 6.45) is 1.28. The van der Waals surface area contributed by atoms with Crippen molar-refractivity contribution in [3.05, 3.63) is 35.4 Å². The van der Waals surface area contributed by atoms with Crippen LogP contribution in [-0.2, 0) is 9.84 Å². The molecule has 0 aliphatic heterocycles. The Bertz CT molecular complexity index is 463. The molecule has 0 saturated heterocycles. The van der Waals surface area contributed by atoms with Crippen LogP contribution >= 0.6 is 0 Å². The molecule has 1 rings (SSSR count). The van der Waals surface area contributed by atoms with Gasteiger partial charge in [0.2, 0.25) is 0 Å². The van der Waals surface area contributed by atoms with Gasteiger partial charge in [0.15, 0.2) is 0 Å². The zero-order valence-electron chi connectivity index (χ0n) is 11.6. The second-order valence-corrected chi connectivity index (χ2v) is 7.21. The standard InChI is InChI=1S/C14H23NO2S/c1-5-15-14(10-18(4,16)17)13-8-6-12(7-9-13)11(2)3/h6-9,11,14-15H,5,10H2,1-4H3. The van der Waals surface area contributed by atoms with Crippen molar-refractivity contribution in [1.29, 1.82) is 0 Å². The summed E-state index contributed by atoms with van der Waals surface area (Å²) in [6.45, 7) is 7.03. The maximum absolute atomic E-state index is 11.4. The van der Waals surface area contributed by atoms with Crippen LogP contribution in [0.2, 0.25) is 0 Å². The Balaban J connectivity index is 2.92. The molecule has 0 heterocycles. The number of benzene rings is 1. The fraction of sp³-hybridized carbons (Fsp3) is 0.571. The van der Waals surface area contributed by atoms with Crippen LogP contribution in [0.3, 0.4) is 0 Å². The zero-order chi connectivity index (χ0) is 13.8. The molecule has 0 aliphatic rings. The van der Waals surface area contributed by atoms with E-state index in [2.05, 4.69) is 31.3 Å². The molecule has 0 fully saturated rings. The molecule has 4 heteroatoms. The average molecular weight is 269 g/mol. The topological polar surface area (TPSA) is 46.2 Å². The highest BCUT2D eigenvalue weighted by Gasteiger charge is 2.16. The van der Waals surface area contributed by atoms with E-state index in [4.69, 9.17) is 0 Å². The minimum Gasteiger partial charge on any atom is -0.309 e. The van der Waals surface area contributed by atoms with Crippen LogP contribution in [0.15, 0.2) is 24.3 Å². The van der Waals surface area contributed by atoms with Crippen LogP contribution in [0.1, 0.15) is 43.9 Å². The Morgan fingerprint density at radius 1 is 1.11 bits per heavy atom. The molecule has 1 atom stereocenters. The Morgan fingerprint density at radius 3 is 2.00 bits per heavy atom. The Hall–Kier alpha value is -0.870. The van der Waals surface area contributed by atoms with Crippen LogP contribution < -0.4 is 5.32 Å². The van der Waals surface area contributed by atoms with Crippen LogP contribution in [0.4, 0.5) is 0 Å². The Labute approximate surface area is 111 Å². The van der Waals surface area contributed by atoms with Gasteiger partial charge >= 0.3 is 0 Å². The van der Waals surface area contributed by atoms with Gasteiger partial charge in [-0.05, 0) is 23.6 Å². The lowest BCUT2D eigenvalue weighted by Crippen LogP contribution is -2.27. The number of hydrogen-bond acceptors (Lipinski definition) is 3. The number of nitrogens with one attached hydrogen (secondary N) is 1. The number of hydrogen-bond donors (Lipinski definition) is 1. The van der Waals surface area contributed by atoms with Crippen molar-refractivity contribution in [2.45, 2.75) is 32.7 Å². The largest absolute Gasteiger partial charge is 0.309 e. The molecule has 0 spiro atoms. The van der Waals surface area contributed by atoms with Gasteiger partial charge < -0.3 is 5.32 Å². The van der Waals surface area contributed by atoms with E-state index in [0.29, 0.717) is 5.92 Å². The van der Waals surface area contributed by atoms with Gasteiger partial charge in [-0.1, -0.05) is 45.0 Å². The summed E-state index contributed by atoms with van der Waals surface area (Å²) >= 11 is 0. The minimum atomic E-state index is -2.98. The van der Waals surface area contributed by atoms with Gasteiger partial charge in [-0.15, -0.1) is 0 Å². The normalized spacial score (nSPS) is 13.8. The highest BCUT2D eigenvalue weighted by Crippen LogP contribution is 2.19. The summed E-state index contributed by atoms with van der Waals surface area (Å²) in [4.78, 5) is 0. The van der Waals surface area contributed by atoms with Crippen molar-refractivity contribution in [2.24, 2.45) is 0 Å². The smallest absolute Gasteiger partial charge is 0.149 e. The molecule has 0 radical (unpaired) electrons. The van der Waals surface area contributed by atoms with E-state index in [-0.39, 0.29) is 11.8 Å². The molecule has 1 N–H and O–H groups in total. The van der Waals surface area contributed by atoms with Crippen LogP contribution in [0.5, 0.6) is 0 Å². The van der Waals surface area contributed by atoms with Crippen molar-refractivity contribution in [2.75, 3.05) is 18.6 Å².